The largest absolute Gasteiger partial charge is 0.198 e. The topological polar surface area (TPSA) is 0 Å². The van der Waals surface area contributed by atoms with Crippen LogP contribution in [0.5, 0.6) is 0 Å². The van der Waals surface area contributed by atoms with E-state index in [0.717, 1.165) is 18.4 Å². The Kier molecular flexibility index (Phi) is 3.53. The SMILES string of the molecule is [CH2-]c1cc(CCc2cccc(C)c2)ccc1C. The Bertz CT molecular complexity index is 509. The summed E-state index contributed by atoms with van der Waals surface area (Å²) in [6.45, 7) is 8.30. The van der Waals surface area contributed by atoms with Crippen LogP contribution >= 0.6 is 0 Å². The standard InChI is InChI=1S/C17H19/c1-13-5-4-6-16(11-13)9-10-17-8-7-14(2)15(3)12-17/h4-8,11-12H,3,9-10H2,1-2H3/q-1. The van der Waals surface area contributed by atoms with Crippen LogP contribution in [0, 0.1) is 20.8 Å². The lowest BCUT2D eigenvalue weighted by Crippen LogP contribution is -1.93. The summed E-state index contributed by atoms with van der Waals surface area (Å²) in [4.78, 5) is 0. The highest BCUT2D eigenvalue weighted by Gasteiger charge is 1.95. The third-order valence-electron chi connectivity index (χ3n) is 3.20. The fraction of sp³-hybridized carbons (Fsp3) is 0.235. The van der Waals surface area contributed by atoms with Crippen molar-refractivity contribution in [1.29, 1.82) is 0 Å². The van der Waals surface area contributed by atoms with E-state index in [2.05, 4.69) is 63.2 Å². The normalized spacial score (nSPS) is 10.5. The summed E-state index contributed by atoms with van der Waals surface area (Å²) < 4.78 is 0. The molecular formula is C17H19-. The zero-order chi connectivity index (χ0) is 12.3. The first-order valence-corrected chi connectivity index (χ1v) is 6.12. The predicted octanol–water partition coefficient (Wildman–Crippen LogP) is 4.27. The zero-order valence-electron chi connectivity index (χ0n) is 10.7. The van der Waals surface area contributed by atoms with Crippen LogP contribution in [0.4, 0.5) is 0 Å². The molecule has 0 radical (unpaired) electrons. The van der Waals surface area contributed by atoms with Gasteiger partial charge in [0, 0.05) is 0 Å². The van der Waals surface area contributed by atoms with E-state index < -0.39 is 0 Å². The van der Waals surface area contributed by atoms with E-state index in [1.807, 2.05) is 0 Å². The summed E-state index contributed by atoms with van der Waals surface area (Å²) in [7, 11) is 0. The number of benzene rings is 2. The van der Waals surface area contributed by atoms with Gasteiger partial charge >= 0.3 is 0 Å². The van der Waals surface area contributed by atoms with Crippen molar-refractivity contribution in [3.05, 3.63) is 77.2 Å². The highest BCUT2D eigenvalue weighted by atomic mass is 14.0. The lowest BCUT2D eigenvalue weighted by Gasteiger charge is -2.12. The molecule has 2 rings (SSSR count). The molecule has 0 unspecified atom stereocenters. The minimum absolute atomic E-state index is 1.09. The molecule has 0 aliphatic heterocycles. The van der Waals surface area contributed by atoms with E-state index in [9.17, 15) is 0 Å². The quantitative estimate of drug-likeness (QED) is 0.682. The van der Waals surface area contributed by atoms with E-state index in [0.29, 0.717) is 0 Å². The Morgan fingerprint density at radius 1 is 0.882 bits per heavy atom. The van der Waals surface area contributed by atoms with Crippen LogP contribution in [0.15, 0.2) is 42.5 Å². The number of aryl methyl sites for hydroxylation is 4. The highest BCUT2D eigenvalue weighted by molar-refractivity contribution is 5.33. The van der Waals surface area contributed by atoms with Gasteiger partial charge < -0.3 is 0 Å². The van der Waals surface area contributed by atoms with Gasteiger partial charge in [-0.3, -0.25) is 0 Å². The van der Waals surface area contributed by atoms with Gasteiger partial charge in [0.25, 0.3) is 0 Å². The molecule has 0 fully saturated rings. The van der Waals surface area contributed by atoms with Crippen molar-refractivity contribution in [3.8, 4) is 0 Å². The zero-order valence-corrected chi connectivity index (χ0v) is 10.7. The van der Waals surface area contributed by atoms with Crippen LogP contribution in [0.3, 0.4) is 0 Å². The maximum atomic E-state index is 4.05. The van der Waals surface area contributed by atoms with Crippen molar-refractivity contribution in [3.63, 3.8) is 0 Å². The van der Waals surface area contributed by atoms with Crippen LogP contribution in [-0.2, 0) is 12.8 Å². The molecule has 2 aromatic carbocycles. The molecule has 2 aromatic rings. The lowest BCUT2D eigenvalue weighted by molar-refractivity contribution is 0.956. The summed E-state index contributed by atoms with van der Waals surface area (Å²) in [5.41, 5.74) is 6.54. The molecule has 0 nitrogen and oxygen atoms in total. The predicted molar refractivity (Wildman–Crippen MR) is 74.2 cm³/mol. The Labute approximate surface area is 104 Å². The van der Waals surface area contributed by atoms with Gasteiger partial charge in [-0.25, -0.2) is 0 Å². The van der Waals surface area contributed by atoms with Gasteiger partial charge in [-0.15, -0.1) is 11.6 Å². The Balaban J connectivity index is 2.05. The lowest BCUT2D eigenvalue weighted by atomic mass is 10.00. The van der Waals surface area contributed by atoms with Crippen LogP contribution in [-0.4, -0.2) is 0 Å². The van der Waals surface area contributed by atoms with E-state index in [1.54, 1.807) is 0 Å². The molecule has 88 valence electrons. The molecule has 0 spiro atoms. The second-order valence-electron chi connectivity index (χ2n) is 4.75. The van der Waals surface area contributed by atoms with Crippen molar-refractivity contribution in [2.24, 2.45) is 0 Å². The fourth-order valence-corrected chi connectivity index (χ4v) is 2.04. The fourth-order valence-electron chi connectivity index (χ4n) is 2.04. The summed E-state index contributed by atoms with van der Waals surface area (Å²) in [5, 5.41) is 0. The van der Waals surface area contributed by atoms with Gasteiger partial charge in [0.15, 0.2) is 0 Å². The molecule has 0 aliphatic carbocycles. The van der Waals surface area contributed by atoms with Gasteiger partial charge in [-0.1, -0.05) is 42.8 Å². The second-order valence-corrected chi connectivity index (χ2v) is 4.75. The Hall–Kier alpha value is -1.69. The number of hydrogen-bond donors (Lipinski definition) is 0. The summed E-state index contributed by atoms with van der Waals surface area (Å²) >= 11 is 0. The molecular weight excluding hydrogens is 204 g/mol. The molecule has 0 atom stereocenters. The third kappa shape index (κ3) is 3.13. The monoisotopic (exact) mass is 223 g/mol. The van der Waals surface area contributed by atoms with Gasteiger partial charge in [0.05, 0.1) is 0 Å². The highest BCUT2D eigenvalue weighted by Crippen LogP contribution is 2.13. The molecule has 0 aliphatic rings. The van der Waals surface area contributed by atoms with Crippen LogP contribution in [0.25, 0.3) is 0 Å². The molecule has 0 amide bonds. The summed E-state index contributed by atoms with van der Waals surface area (Å²) in [6.07, 6.45) is 2.19. The molecule has 0 saturated heterocycles. The molecule has 0 N–H and O–H groups in total. The molecule has 17 heavy (non-hydrogen) atoms. The number of rotatable bonds is 3. The molecule has 0 heterocycles. The summed E-state index contributed by atoms with van der Waals surface area (Å²) in [5.74, 6) is 0. The average molecular weight is 223 g/mol. The first-order valence-electron chi connectivity index (χ1n) is 6.12. The first-order chi connectivity index (χ1) is 8.15. The van der Waals surface area contributed by atoms with Crippen molar-refractivity contribution < 1.29 is 0 Å². The van der Waals surface area contributed by atoms with Crippen molar-refractivity contribution in [2.75, 3.05) is 0 Å². The van der Waals surface area contributed by atoms with Crippen molar-refractivity contribution in [2.45, 2.75) is 26.7 Å². The maximum Gasteiger partial charge on any atom is -0.0248 e. The van der Waals surface area contributed by atoms with Gasteiger partial charge in [-0.05, 0) is 25.3 Å². The summed E-state index contributed by atoms with van der Waals surface area (Å²) in [6, 6.07) is 15.3. The molecule has 0 saturated carbocycles. The van der Waals surface area contributed by atoms with Gasteiger partial charge in [-0.2, -0.15) is 24.1 Å². The third-order valence-corrected chi connectivity index (χ3v) is 3.20. The minimum atomic E-state index is 1.09. The van der Waals surface area contributed by atoms with Crippen LogP contribution in [0.1, 0.15) is 27.8 Å². The van der Waals surface area contributed by atoms with Crippen molar-refractivity contribution in [1.82, 2.24) is 0 Å². The van der Waals surface area contributed by atoms with E-state index in [-0.39, 0.29) is 0 Å². The maximum absolute atomic E-state index is 4.05. The second kappa shape index (κ2) is 5.09. The molecule has 0 bridgehead atoms. The average Bonchev–Trinajstić information content (AvgIpc) is 2.31. The molecule has 0 heteroatoms. The van der Waals surface area contributed by atoms with Crippen LogP contribution < -0.4 is 0 Å². The Morgan fingerprint density at radius 3 is 2.24 bits per heavy atom. The first kappa shape index (κ1) is 11.8. The van der Waals surface area contributed by atoms with E-state index in [1.165, 1.54) is 22.3 Å². The van der Waals surface area contributed by atoms with Crippen molar-refractivity contribution >= 4 is 0 Å². The van der Waals surface area contributed by atoms with Crippen LogP contribution in [0.2, 0.25) is 0 Å². The van der Waals surface area contributed by atoms with Gasteiger partial charge in [0.1, 0.15) is 0 Å². The van der Waals surface area contributed by atoms with E-state index in [4.69, 9.17) is 0 Å². The number of hydrogen-bond acceptors (Lipinski definition) is 0. The molecule has 0 aromatic heterocycles. The minimum Gasteiger partial charge on any atom is -0.198 e. The van der Waals surface area contributed by atoms with E-state index >= 15 is 0 Å². The smallest absolute Gasteiger partial charge is 0.0248 e. The Morgan fingerprint density at radius 2 is 1.59 bits per heavy atom. The van der Waals surface area contributed by atoms with Gasteiger partial charge in [0.2, 0.25) is 0 Å².